The Hall–Kier alpha value is -2.03. The Kier molecular flexibility index (Phi) is 6.89. The van der Waals surface area contributed by atoms with Crippen LogP contribution in [0.5, 0.6) is 0 Å². The number of benzene rings is 1. The van der Waals surface area contributed by atoms with E-state index in [9.17, 15) is 12.8 Å². The van der Waals surface area contributed by atoms with Gasteiger partial charge in [-0.05, 0) is 62.3 Å². The van der Waals surface area contributed by atoms with Crippen LogP contribution in [-0.2, 0) is 29.9 Å². The Balaban J connectivity index is 1.55. The Morgan fingerprint density at radius 3 is 2.61 bits per heavy atom. The normalized spacial score (nSPS) is 20.6. The lowest BCUT2D eigenvalue weighted by Gasteiger charge is -2.25. The van der Waals surface area contributed by atoms with Crippen LogP contribution in [0.4, 0.5) is 4.39 Å². The molecule has 1 N–H and O–H groups in total. The summed E-state index contributed by atoms with van der Waals surface area (Å²) in [4.78, 5) is 2.66. The van der Waals surface area contributed by atoms with Gasteiger partial charge in [-0.15, -0.1) is 4.83 Å². The predicted molar refractivity (Wildman–Crippen MR) is 120 cm³/mol. The Bertz CT molecular complexity index is 1020. The van der Waals surface area contributed by atoms with Gasteiger partial charge in [0, 0.05) is 42.7 Å². The lowest BCUT2D eigenvalue weighted by atomic mass is 9.91. The number of fused-ring (bicyclic) bond motifs is 1. The molecule has 0 bridgehead atoms. The van der Waals surface area contributed by atoms with Gasteiger partial charge in [0.05, 0.1) is 5.69 Å². The lowest BCUT2D eigenvalue weighted by Crippen LogP contribution is -2.44. The molecule has 168 valence electrons. The van der Waals surface area contributed by atoms with Crippen LogP contribution in [0, 0.1) is 5.82 Å². The number of aryl methyl sites for hydroxylation is 1. The summed E-state index contributed by atoms with van der Waals surface area (Å²) in [6.45, 7) is 1.49. The Morgan fingerprint density at radius 1 is 1.13 bits per heavy atom. The first kappa shape index (κ1) is 22.2. The van der Waals surface area contributed by atoms with Crippen molar-refractivity contribution in [2.24, 2.45) is 7.05 Å². The summed E-state index contributed by atoms with van der Waals surface area (Å²) in [5.41, 5.74) is 4.14. The second-order valence-corrected chi connectivity index (χ2v) is 10.2. The number of aromatic nitrogens is 2. The van der Waals surface area contributed by atoms with Gasteiger partial charge in [0.2, 0.25) is 10.0 Å². The summed E-state index contributed by atoms with van der Waals surface area (Å²) in [6, 6.07) is 6.70. The molecular formula is C23H31FN4O2S. The number of nitrogens with zero attached hydrogens (tertiary/aromatic N) is 3. The molecule has 1 aromatic heterocycles. The molecule has 1 fully saturated rings. The molecule has 8 heteroatoms. The molecule has 1 atom stereocenters. The highest BCUT2D eigenvalue weighted by Gasteiger charge is 2.26. The molecule has 1 unspecified atom stereocenters. The molecule has 1 aliphatic carbocycles. The fourth-order valence-corrected chi connectivity index (χ4v) is 5.70. The van der Waals surface area contributed by atoms with Crippen molar-refractivity contribution in [3.63, 3.8) is 0 Å². The fourth-order valence-electron chi connectivity index (χ4n) is 4.79. The number of hydrogen-bond donors (Lipinski definition) is 1. The summed E-state index contributed by atoms with van der Waals surface area (Å²) in [6.07, 6.45) is 9.72. The highest BCUT2D eigenvalue weighted by molar-refractivity contribution is 7.92. The molecular weight excluding hydrogens is 415 g/mol. The smallest absolute Gasteiger partial charge is 0.246 e. The van der Waals surface area contributed by atoms with E-state index in [1.807, 2.05) is 23.9 Å². The van der Waals surface area contributed by atoms with Gasteiger partial charge < -0.3 is 0 Å². The first-order valence-corrected chi connectivity index (χ1v) is 12.7. The number of nitrogens with one attached hydrogen (secondary N) is 1. The summed E-state index contributed by atoms with van der Waals surface area (Å²) in [7, 11) is -1.63. The lowest BCUT2D eigenvalue weighted by molar-refractivity contribution is 0.201. The second-order valence-electron chi connectivity index (χ2n) is 8.63. The van der Waals surface area contributed by atoms with Crippen LogP contribution in [0.15, 0.2) is 29.7 Å². The van der Waals surface area contributed by atoms with E-state index in [0.29, 0.717) is 0 Å². The largest absolute Gasteiger partial charge is 0.271 e. The summed E-state index contributed by atoms with van der Waals surface area (Å²) in [5.74, 6) is 0.0586. The standard InChI is InChI=1S/C23H31FN4O2S/c1-27-23-19(17-18-9-11-20(24)12-10-18)7-3-4-8-21(23)22(25-27)13-16-31(29,30)26-28-14-5-2-6-15-28/h9-13,16,19,26H,2-8,14-15,17H2,1H3/b16-13+. The maximum atomic E-state index is 13.3. The van der Waals surface area contributed by atoms with E-state index >= 15 is 0 Å². The number of hydrogen-bond acceptors (Lipinski definition) is 4. The molecule has 0 radical (unpaired) electrons. The van der Waals surface area contributed by atoms with Crippen LogP contribution >= 0.6 is 0 Å². The Morgan fingerprint density at radius 2 is 1.87 bits per heavy atom. The van der Waals surface area contributed by atoms with Crippen molar-refractivity contribution < 1.29 is 12.8 Å². The van der Waals surface area contributed by atoms with Gasteiger partial charge in [0.25, 0.3) is 0 Å². The summed E-state index contributed by atoms with van der Waals surface area (Å²) in [5, 5.41) is 7.67. The third kappa shape index (κ3) is 5.61. The van der Waals surface area contributed by atoms with Crippen LogP contribution in [0.2, 0.25) is 0 Å². The van der Waals surface area contributed by atoms with Crippen molar-refractivity contribution in [2.45, 2.75) is 57.3 Å². The van der Waals surface area contributed by atoms with Crippen molar-refractivity contribution in [1.82, 2.24) is 19.6 Å². The summed E-state index contributed by atoms with van der Waals surface area (Å²) >= 11 is 0. The molecule has 0 spiro atoms. The quantitative estimate of drug-likeness (QED) is 0.684. The van der Waals surface area contributed by atoms with Crippen LogP contribution in [0.1, 0.15) is 67.0 Å². The van der Waals surface area contributed by atoms with Gasteiger partial charge in [-0.1, -0.05) is 25.0 Å². The third-order valence-corrected chi connectivity index (χ3v) is 7.26. The zero-order valence-electron chi connectivity index (χ0n) is 18.1. The van der Waals surface area contributed by atoms with E-state index in [4.69, 9.17) is 0 Å². The molecule has 31 heavy (non-hydrogen) atoms. The topological polar surface area (TPSA) is 67.2 Å². The van der Waals surface area contributed by atoms with Crippen LogP contribution in [0.3, 0.4) is 0 Å². The van der Waals surface area contributed by atoms with Crippen molar-refractivity contribution in [3.8, 4) is 0 Å². The molecule has 1 aliphatic heterocycles. The maximum Gasteiger partial charge on any atom is 0.246 e. The van der Waals surface area contributed by atoms with E-state index in [-0.39, 0.29) is 11.7 Å². The van der Waals surface area contributed by atoms with E-state index in [2.05, 4.69) is 9.93 Å². The molecule has 6 nitrogen and oxygen atoms in total. The third-order valence-electron chi connectivity index (χ3n) is 6.25. The van der Waals surface area contributed by atoms with Crippen LogP contribution in [0.25, 0.3) is 6.08 Å². The van der Waals surface area contributed by atoms with E-state index in [1.54, 1.807) is 11.1 Å². The van der Waals surface area contributed by atoms with Gasteiger partial charge in [0.15, 0.2) is 0 Å². The fraction of sp³-hybridized carbons (Fsp3) is 0.522. The van der Waals surface area contributed by atoms with Gasteiger partial charge in [-0.2, -0.15) is 5.10 Å². The monoisotopic (exact) mass is 446 g/mol. The molecule has 4 rings (SSSR count). The maximum absolute atomic E-state index is 13.3. The van der Waals surface area contributed by atoms with Gasteiger partial charge >= 0.3 is 0 Å². The minimum absolute atomic E-state index is 0.224. The highest BCUT2D eigenvalue weighted by atomic mass is 32.2. The van der Waals surface area contributed by atoms with Crippen molar-refractivity contribution in [1.29, 1.82) is 0 Å². The average molecular weight is 447 g/mol. The van der Waals surface area contributed by atoms with Crippen molar-refractivity contribution in [2.75, 3.05) is 13.1 Å². The van der Waals surface area contributed by atoms with Crippen LogP contribution in [-0.4, -0.2) is 36.3 Å². The minimum Gasteiger partial charge on any atom is -0.271 e. The molecule has 0 amide bonds. The zero-order valence-corrected chi connectivity index (χ0v) is 18.9. The molecule has 2 aliphatic rings. The SMILES string of the molecule is Cn1nc(/C=C/S(=O)(=O)NN2CCCCC2)c2c1C(Cc1ccc(F)cc1)CCCC2. The molecule has 0 saturated carbocycles. The summed E-state index contributed by atoms with van der Waals surface area (Å²) < 4.78 is 40.3. The predicted octanol–water partition coefficient (Wildman–Crippen LogP) is 3.90. The minimum atomic E-state index is -3.56. The second kappa shape index (κ2) is 9.63. The van der Waals surface area contributed by atoms with Gasteiger partial charge in [-0.3, -0.25) is 4.68 Å². The molecule has 2 aromatic rings. The first-order chi connectivity index (χ1) is 14.9. The van der Waals surface area contributed by atoms with Gasteiger partial charge in [0.1, 0.15) is 5.82 Å². The highest BCUT2D eigenvalue weighted by Crippen LogP contribution is 2.35. The van der Waals surface area contributed by atoms with Crippen molar-refractivity contribution >= 4 is 16.1 Å². The van der Waals surface area contributed by atoms with Crippen molar-refractivity contribution in [3.05, 3.63) is 58.0 Å². The zero-order chi connectivity index (χ0) is 21.8. The number of halogens is 1. The first-order valence-electron chi connectivity index (χ1n) is 11.2. The molecule has 2 heterocycles. The number of piperidine rings is 1. The number of hydrazine groups is 1. The molecule has 1 aromatic carbocycles. The van der Waals surface area contributed by atoms with E-state index in [0.717, 1.165) is 81.3 Å². The number of sulfonamides is 1. The van der Waals surface area contributed by atoms with E-state index < -0.39 is 10.0 Å². The number of rotatable bonds is 6. The van der Waals surface area contributed by atoms with Gasteiger partial charge in [-0.25, -0.2) is 17.8 Å². The molecule has 1 saturated heterocycles. The van der Waals surface area contributed by atoms with Crippen LogP contribution < -0.4 is 4.83 Å². The van der Waals surface area contributed by atoms with E-state index in [1.165, 1.54) is 23.2 Å². The average Bonchev–Trinajstić information content (AvgIpc) is 2.91. The Labute approximate surface area is 184 Å².